The van der Waals surface area contributed by atoms with E-state index in [2.05, 4.69) is 20.6 Å². The van der Waals surface area contributed by atoms with Gasteiger partial charge >= 0.3 is 0 Å². The number of carbonyl (C=O) groups excluding carboxylic acids is 1. The molecule has 1 fully saturated rings. The van der Waals surface area contributed by atoms with Crippen molar-refractivity contribution in [2.75, 3.05) is 24.1 Å². The van der Waals surface area contributed by atoms with E-state index in [9.17, 15) is 4.79 Å². The van der Waals surface area contributed by atoms with E-state index in [1.807, 2.05) is 26.8 Å². The van der Waals surface area contributed by atoms with Crippen molar-refractivity contribution in [2.24, 2.45) is 4.99 Å². The summed E-state index contributed by atoms with van der Waals surface area (Å²) in [7, 11) is 0. The van der Waals surface area contributed by atoms with Crippen molar-refractivity contribution in [3.05, 3.63) is 53.7 Å². The standard InChI is InChI=1S/C25H30N6O3/c1-15(2)34-23-12-20(26)18(13-29-19-5-7-27-8-6-19)11-21(23)30-24(32)22-14-33-25(31-22)17-4-9-28-16(3)10-17/h4,9-15,19,27H,5-8,26H2,1-3H3,(H,30,32). The molecule has 1 amide bonds. The maximum absolute atomic E-state index is 13.0. The van der Waals surface area contributed by atoms with Gasteiger partial charge < -0.3 is 25.5 Å². The van der Waals surface area contributed by atoms with E-state index in [-0.39, 0.29) is 17.8 Å². The van der Waals surface area contributed by atoms with Crippen molar-refractivity contribution < 1.29 is 13.9 Å². The molecule has 1 aliphatic heterocycles. The Kier molecular flexibility index (Phi) is 7.22. The van der Waals surface area contributed by atoms with Crippen LogP contribution in [-0.2, 0) is 0 Å². The Hall–Kier alpha value is -3.72. The number of nitrogens with zero attached hydrogens (tertiary/aromatic N) is 3. The van der Waals surface area contributed by atoms with Crippen LogP contribution < -0.4 is 21.1 Å². The molecule has 4 N–H and O–H groups in total. The van der Waals surface area contributed by atoms with Crippen LogP contribution in [0.2, 0.25) is 0 Å². The fourth-order valence-electron chi connectivity index (χ4n) is 3.69. The molecule has 3 heterocycles. The number of aromatic nitrogens is 2. The zero-order chi connectivity index (χ0) is 24.1. The van der Waals surface area contributed by atoms with Gasteiger partial charge in [0.15, 0.2) is 5.69 Å². The lowest BCUT2D eigenvalue weighted by Crippen LogP contribution is -2.29. The first kappa shape index (κ1) is 23.4. The molecule has 1 aliphatic rings. The van der Waals surface area contributed by atoms with Crippen LogP contribution in [-0.4, -0.2) is 47.3 Å². The van der Waals surface area contributed by atoms with Crippen molar-refractivity contribution in [3.8, 4) is 17.2 Å². The molecule has 0 bridgehead atoms. The predicted octanol–water partition coefficient (Wildman–Crippen LogP) is 3.84. The molecule has 0 atom stereocenters. The normalized spacial score (nSPS) is 14.6. The molecule has 1 aromatic carbocycles. The van der Waals surface area contributed by atoms with Gasteiger partial charge in [-0.2, -0.15) is 0 Å². The van der Waals surface area contributed by atoms with Crippen LogP contribution in [0.3, 0.4) is 0 Å². The molecular formula is C25H30N6O3. The van der Waals surface area contributed by atoms with Gasteiger partial charge in [-0.3, -0.25) is 14.8 Å². The highest BCUT2D eigenvalue weighted by Crippen LogP contribution is 2.31. The van der Waals surface area contributed by atoms with Crippen LogP contribution in [0, 0.1) is 6.92 Å². The number of anilines is 2. The highest BCUT2D eigenvalue weighted by Gasteiger charge is 2.18. The number of nitrogens with one attached hydrogen (secondary N) is 2. The first-order valence-electron chi connectivity index (χ1n) is 11.4. The molecule has 0 unspecified atom stereocenters. The predicted molar refractivity (Wildman–Crippen MR) is 133 cm³/mol. The van der Waals surface area contributed by atoms with Crippen molar-refractivity contribution >= 4 is 23.5 Å². The van der Waals surface area contributed by atoms with Crippen LogP contribution >= 0.6 is 0 Å². The van der Waals surface area contributed by atoms with Crippen molar-refractivity contribution in [1.29, 1.82) is 0 Å². The number of carbonyl (C=O) groups is 1. The third-order valence-corrected chi connectivity index (χ3v) is 5.41. The Morgan fingerprint density at radius 3 is 2.85 bits per heavy atom. The fourth-order valence-corrected chi connectivity index (χ4v) is 3.69. The largest absolute Gasteiger partial charge is 0.489 e. The van der Waals surface area contributed by atoms with Gasteiger partial charge in [0.1, 0.15) is 12.0 Å². The van der Waals surface area contributed by atoms with Crippen LogP contribution in [0.1, 0.15) is 48.4 Å². The minimum atomic E-state index is -0.416. The highest BCUT2D eigenvalue weighted by molar-refractivity contribution is 6.04. The van der Waals surface area contributed by atoms with Crippen LogP contribution in [0.15, 0.2) is 46.1 Å². The number of benzene rings is 1. The Balaban J connectivity index is 1.57. The number of nitrogens with two attached hydrogens (primary N) is 1. The molecular weight excluding hydrogens is 432 g/mol. The average molecular weight is 463 g/mol. The lowest BCUT2D eigenvalue weighted by atomic mass is 10.1. The number of aryl methyl sites for hydroxylation is 1. The second-order valence-corrected chi connectivity index (χ2v) is 8.58. The zero-order valence-electron chi connectivity index (χ0n) is 19.7. The maximum Gasteiger partial charge on any atom is 0.277 e. The number of piperidine rings is 1. The first-order chi connectivity index (χ1) is 16.4. The molecule has 9 nitrogen and oxygen atoms in total. The summed E-state index contributed by atoms with van der Waals surface area (Å²) in [6, 6.07) is 7.38. The molecule has 2 aromatic heterocycles. The molecule has 178 valence electrons. The summed E-state index contributed by atoms with van der Waals surface area (Å²) < 4.78 is 11.4. The third-order valence-electron chi connectivity index (χ3n) is 5.41. The van der Waals surface area contributed by atoms with Gasteiger partial charge in [0.25, 0.3) is 5.91 Å². The monoisotopic (exact) mass is 462 g/mol. The Morgan fingerprint density at radius 1 is 1.32 bits per heavy atom. The van der Waals surface area contributed by atoms with E-state index >= 15 is 0 Å². The number of oxazole rings is 1. The first-order valence-corrected chi connectivity index (χ1v) is 11.4. The van der Waals surface area contributed by atoms with Gasteiger partial charge in [-0.25, -0.2) is 4.98 Å². The Morgan fingerprint density at radius 2 is 2.12 bits per heavy atom. The number of nitrogen functional groups attached to an aromatic ring is 1. The van der Waals surface area contributed by atoms with E-state index in [1.54, 1.807) is 30.6 Å². The number of aliphatic imine (C=N–C) groups is 1. The van der Waals surface area contributed by atoms with Gasteiger partial charge in [0.2, 0.25) is 5.89 Å². The number of hydrogen-bond donors (Lipinski definition) is 3. The summed E-state index contributed by atoms with van der Waals surface area (Å²) in [4.78, 5) is 26.2. The van der Waals surface area contributed by atoms with Gasteiger partial charge in [-0.1, -0.05) is 0 Å². The molecule has 0 saturated carbocycles. The number of ether oxygens (including phenoxy) is 1. The van der Waals surface area contributed by atoms with E-state index in [0.717, 1.165) is 42.8 Å². The molecule has 1 saturated heterocycles. The Bertz CT molecular complexity index is 1180. The summed E-state index contributed by atoms with van der Waals surface area (Å²) in [5, 5.41) is 6.22. The molecule has 34 heavy (non-hydrogen) atoms. The van der Waals surface area contributed by atoms with E-state index in [4.69, 9.17) is 19.9 Å². The van der Waals surface area contributed by atoms with Gasteiger partial charge in [-0.05, 0) is 64.9 Å². The maximum atomic E-state index is 13.0. The molecule has 9 heteroatoms. The summed E-state index contributed by atoms with van der Waals surface area (Å²) in [6.45, 7) is 7.62. The smallest absolute Gasteiger partial charge is 0.277 e. The molecule has 0 radical (unpaired) electrons. The highest BCUT2D eigenvalue weighted by atomic mass is 16.5. The fraction of sp³-hybridized carbons (Fsp3) is 0.360. The third kappa shape index (κ3) is 5.79. The van der Waals surface area contributed by atoms with Crippen molar-refractivity contribution in [2.45, 2.75) is 45.8 Å². The van der Waals surface area contributed by atoms with E-state index < -0.39 is 5.91 Å². The van der Waals surface area contributed by atoms with E-state index in [1.165, 1.54) is 6.26 Å². The average Bonchev–Trinajstić information content (AvgIpc) is 3.31. The van der Waals surface area contributed by atoms with Gasteiger partial charge in [0, 0.05) is 41.0 Å². The second kappa shape index (κ2) is 10.5. The van der Waals surface area contributed by atoms with Crippen LogP contribution in [0.25, 0.3) is 11.5 Å². The summed E-state index contributed by atoms with van der Waals surface area (Å²) in [5.41, 5.74) is 9.75. The van der Waals surface area contributed by atoms with Gasteiger partial charge in [-0.15, -0.1) is 0 Å². The topological polar surface area (TPSA) is 128 Å². The summed E-state index contributed by atoms with van der Waals surface area (Å²) in [5.74, 6) is 0.412. The molecule has 4 rings (SSSR count). The lowest BCUT2D eigenvalue weighted by Gasteiger charge is -2.19. The van der Waals surface area contributed by atoms with Crippen LogP contribution in [0.5, 0.6) is 5.75 Å². The molecule has 0 aliphatic carbocycles. The zero-order valence-corrected chi connectivity index (χ0v) is 19.7. The van der Waals surface area contributed by atoms with Crippen molar-refractivity contribution in [3.63, 3.8) is 0 Å². The quantitative estimate of drug-likeness (QED) is 0.359. The van der Waals surface area contributed by atoms with Gasteiger partial charge in [0.05, 0.1) is 17.8 Å². The SMILES string of the molecule is Cc1cc(-c2nc(C(=O)Nc3cc(C=NC4CCNCC4)c(N)cc3OC(C)C)co2)ccn1. The minimum absolute atomic E-state index is 0.0992. The second-order valence-electron chi connectivity index (χ2n) is 8.58. The van der Waals surface area contributed by atoms with E-state index in [0.29, 0.717) is 23.0 Å². The number of amides is 1. The van der Waals surface area contributed by atoms with Crippen molar-refractivity contribution in [1.82, 2.24) is 15.3 Å². The number of pyridine rings is 1. The number of hydrogen-bond acceptors (Lipinski definition) is 8. The lowest BCUT2D eigenvalue weighted by molar-refractivity contribution is 0.102. The Labute approximate surface area is 198 Å². The minimum Gasteiger partial charge on any atom is -0.489 e. The number of rotatable bonds is 7. The molecule has 0 spiro atoms. The molecule has 3 aromatic rings. The summed E-state index contributed by atoms with van der Waals surface area (Å²) in [6.07, 6.45) is 6.66. The summed E-state index contributed by atoms with van der Waals surface area (Å²) >= 11 is 0. The van der Waals surface area contributed by atoms with Crippen LogP contribution in [0.4, 0.5) is 11.4 Å².